The van der Waals surface area contributed by atoms with Crippen molar-refractivity contribution in [1.29, 1.82) is 0 Å². The molecular formula is C45H83O13P. The fraction of sp³-hybridized carbons (Fsp3) is 0.867. The van der Waals surface area contributed by atoms with Crippen LogP contribution < -0.4 is 0 Å². The Hall–Kier alpha value is -1.67. The van der Waals surface area contributed by atoms with Crippen molar-refractivity contribution in [1.82, 2.24) is 0 Å². The summed E-state index contributed by atoms with van der Waals surface area (Å²) in [6, 6.07) is 0. The van der Waals surface area contributed by atoms with Crippen molar-refractivity contribution >= 4 is 19.8 Å². The van der Waals surface area contributed by atoms with Crippen LogP contribution in [0.15, 0.2) is 24.3 Å². The topological polar surface area (TPSA) is 210 Å². The van der Waals surface area contributed by atoms with Crippen LogP contribution >= 0.6 is 7.82 Å². The molecule has 0 bridgehead atoms. The van der Waals surface area contributed by atoms with Crippen LogP contribution in [-0.4, -0.2) is 98.3 Å². The molecule has 1 saturated carbocycles. The maximum atomic E-state index is 12.8. The standard InChI is InChI=1S/C45H83O13P/c1-3-5-7-9-11-13-15-17-19-21-23-25-27-29-31-33-38(46)55-35-37(36-56-59(53,54)58-45-43(51)41(49)40(48)42(50)44(45)52)57-39(47)34-32-30-28-26-24-22-20-18-16-14-12-10-8-6-4-2/h14,16-17,19,37,40-45,48-52H,3-13,15,18,20-36H2,1-2H3,(H,53,54)/t37-,40?,41-,42?,43?,44?,45?/m1/s1. The Morgan fingerprint density at radius 3 is 1.31 bits per heavy atom. The highest BCUT2D eigenvalue weighted by Crippen LogP contribution is 2.47. The molecule has 1 fully saturated rings. The number of phosphoric acid groups is 1. The summed E-state index contributed by atoms with van der Waals surface area (Å²) in [5.41, 5.74) is 0. The Morgan fingerprint density at radius 2 is 0.864 bits per heavy atom. The van der Waals surface area contributed by atoms with Gasteiger partial charge in [0.25, 0.3) is 0 Å². The van der Waals surface area contributed by atoms with E-state index in [4.69, 9.17) is 18.5 Å². The van der Waals surface area contributed by atoms with Gasteiger partial charge in [0.15, 0.2) is 6.10 Å². The van der Waals surface area contributed by atoms with E-state index in [1.54, 1.807) is 0 Å². The second-order valence-electron chi connectivity index (χ2n) is 16.3. The number of hydrogen-bond donors (Lipinski definition) is 6. The number of unbranched alkanes of at least 4 members (excludes halogenated alkanes) is 22. The molecule has 0 spiro atoms. The van der Waals surface area contributed by atoms with Gasteiger partial charge in [0.1, 0.15) is 43.2 Å². The fourth-order valence-electron chi connectivity index (χ4n) is 6.98. The van der Waals surface area contributed by atoms with Gasteiger partial charge < -0.3 is 39.9 Å². The molecular weight excluding hydrogens is 779 g/mol. The van der Waals surface area contributed by atoms with Crippen molar-refractivity contribution in [2.45, 2.75) is 236 Å². The highest BCUT2D eigenvalue weighted by atomic mass is 31.2. The molecule has 0 aliphatic heterocycles. The quantitative estimate of drug-likeness (QED) is 0.0149. The van der Waals surface area contributed by atoms with Gasteiger partial charge in [-0.3, -0.25) is 18.6 Å². The maximum Gasteiger partial charge on any atom is 0.472 e. The molecule has 14 heteroatoms. The summed E-state index contributed by atoms with van der Waals surface area (Å²) >= 11 is 0. The number of aliphatic hydroxyl groups is 5. The van der Waals surface area contributed by atoms with E-state index in [0.29, 0.717) is 12.8 Å². The first-order chi connectivity index (χ1) is 28.4. The molecule has 6 N–H and O–H groups in total. The fourth-order valence-corrected chi connectivity index (χ4v) is 7.95. The zero-order chi connectivity index (χ0) is 43.6. The van der Waals surface area contributed by atoms with Crippen molar-refractivity contribution in [2.75, 3.05) is 13.2 Å². The van der Waals surface area contributed by atoms with Crippen molar-refractivity contribution in [3.05, 3.63) is 24.3 Å². The Bertz CT molecular complexity index is 1130. The molecule has 8 atom stereocenters. The number of carbonyl (C=O) groups excluding carboxylic acids is 2. The molecule has 13 nitrogen and oxygen atoms in total. The number of rotatable bonds is 38. The van der Waals surface area contributed by atoms with E-state index in [2.05, 4.69) is 38.2 Å². The van der Waals surface area contributed by atoms with Crippen LogP contribution in [0, 0.1) is 0 Å². The summed E-state index contributed by atoms with van der Waals surface area (Å²) in [4.78, 5) is 35.7. The lowest BCUT2D eigenvalue weighted by molar-refractivity contribution is -0.220. The van der Waals surface area contributed by atoms with Crippen molar-refractivity contribution < 1.29 is 63.1 Å². The second kappa shape index (κ2) is 35.9. The van der Waals surface area contributed by atoms with Gasteiger partial charge in [0.2, 0.25) is 0 Å². The van der Waals surface area contributed by atoms with E-state index >= 15 is 0 Å². The predicted molar refractivity (Wildman–Crippen MR) is 230 cm³/mol. The van der Waals surface area contributed by atoms with Gasteiger partial charge in [-0.15, -0.1) is 0 Å². The first-order valence-electron chi connectivity index (χ1n) is 23.1. The molecule has 0 saturated heterocycles. The molecule has 0 heterocycles. The normalized spacial score (nSPS) is 22.5. The summed E-state index contributed by atoms with van der Waals surface area (Å²) in [6.45, 7) is 3.27. The first kappa shape index (κ1) is 55.3. The minimum atomic E-state index is -5.12. The average Bonchev–Trinajstić information content (AvgIpc) is 3.21. The molecule has 6 unspecified atom stereocenters. The number of esters is 2. The third-order valence-electron chi connectivity index (χ3n) is 10.8. The van der Waals surface area contributed by atoms with Gasteiger partial charge >= 0.3 is 19.8 Å². The SMILES string of the molecule is CCCCCCC=CCCCCCCCCCC(=O)O[C@H](COC(=O)CCCCCCCC=CCCCCCCCC)COP(=O)(O)OC1C(O)C(O)C(O)[C@@H](O)C1O. The Labute approximate surface area is 356 Å². The Morgan fingerprint density at radius 1 is 0.508 bits per heavy atom. The van der Waals surface area contributed by atoms with Crippen LogP contribution in [-0.2, 0) is 32.7 Å². The average molecular weight is 863 g/mol. The van der Waals surface area contributed by atoms with Crippen molar-refractivity contribution in [2.24, 2.45) is 0 Å². The van der Waals surface area contributed by atoms with Gasteiger partial charge in [0.05, 0.1) is 6.61 Å². The van der Waals surface area contributed by atoms with Gasteiger partial charge in [-0.05, 0) is 64.2 Å². The van der Waals surface area contributed by atoms with Crippen LogP contribution in [0.25, 0.3) is 0 Å². The summed E-state index contributed by atoms with van der Waals surface area (Å²) in [7, 11) is -5.12. The van der Waals surface area contributed by atoms with E-state index in [-0.39, 0.29) is 12.8 Å². The van der Waals surface area contributed by atoms with E-state index in [9.17, 15) is 44.6 Å². The van der Waals surface area contributed by atoms with Crippen LogP contribution in [0.1, 0.15) is 194 Å². The summed E-state index contributed by atoms with van der Waals surface area (Å²) in [6.07, 6.45) is 25.1. The number of carbonyl (C=O) groups is 2. The monoisotopic (exact) mass is 863 g/mol. The van der Waals surface area contributed by atoms with Gasteiger partial charge in [-0.1, -0.05) is 141 Å². The van der Waals surface area contributed by atoms with Crippen molar-refractivity contribution in [3.63, 3.8) is 0 Å². The Kier molecular flexibility index (Phi) is 33.7. The molecule has 0 amide bonds. The third kappa shape index (κ3) is 28.5. The summed E-state index contributed by atoms with van der Waals surface area (Å²) < 4.78 is 33.5. The molecule has 1 aliphatic carbocycles. The molecule has 0 radical (unpaired) electrons. The summed E-state index contributed by atoms with van der Waals surface area (Å²) in [5.74, 6) is -1.11. The minimum Gasteiger partial charge on any atom is -0.462 e. The van der Waals surface area contributed by atoms with E-state index in [0.717, 1.165) is 77.0 Å². The van der Waals surface area contributed by atoms with Crippen LogP contribution in [0.4, 0.5) is 0 Å². The van der Waals surface area contributed by atoms with Crippen LogP contribution in [0.5, 0.6) is 0 Å². The van der Waals surface area contributed by atoms with Crippen molar-refractivity contribution in [3.8, 4) is 0 Å². The van der Waals surface area contributed by atoms with E-state index in [1.165, 1.54) is 77.0 Å². The zero-order valence-electron chi connectivity index (χ0n) is 36.6. The molecule has 0 aromatic heterocycles. The number of phosphoric ester groups is 1. The second-order valence-corrected chi connectivity index (χ2v) is 17.7. The van der Waals surface area contributed by atoms with Gasteiger partial charge in [-0.25, -0.2) is 4.57 Å². The smallest absolute Gasteiger partial charge is 0.462 e. The van der Waals surface area contributed by atoms with Crippen LogP contribution in [0.3, 0.4) is 0 Å². The number of allylic oxidation sites excluding steroid dienone is 4. The predicted octanol–water partition coefficient (Wildman–Crippen LogP) is 8.84. The molecule has 346 valence electrons. The first-order valence-corrected chi connectivity index (χ1v) is 24.6. The van der Waals surface area contributed by atoms with Gasteiger partial charge in [-0.2, -0.15) is 0 Å². The van der Waals surface area contributed by atoms with E-state index < -0.39 is 75.7 Å². The largest absolute Gasteiger partial charge is 0.472 e. The lowest BCUT2D eigenvalue weighted by Crippen LogP contribution is -2.64. The molecule has 0 aromatic rings. The molecule has 1 aliphatic rings. The van der Waals surface area contributed by atoms with Crippen LogP contribution in [0.2, 0.25) is 0 Å². The molecule has 1 rings (SSSR count). The summed E-state index contributed by atoms with van der Waals surface area (Å²) in [5, 5.41) is 50.1. The van der Waals surface area contributed by atoms with E-state index in [1.807, 2.05) is 0 Å². The highest BCUT2D eigenvalue weighted by molar-refractivity contribution is 7.47. The Balaban J connectivity index is 2.47. The third-order valence-corrected chi connectivity index (χ3v) is 11.8. The maximum absolute atomic E-state index is 12.8. The highest BCUT2D eigenvalue weighted by Gasteiger charge is 2.51. The lowest BCUT2D eigenvalue weighted by atomic mass is 9.85. The molecule has 59 heavy (non-hydrogen) atoms. The molecule has 0 aromatic carbocycles. The number of hydrogen-bond acceptors (Lipinski definition) is 12. The number of aliphatic hydroxyl groups excluding tert-OH is 5. The minimum absolute atomic E-state index is 0.0915. The lowest BCUT2D eigenvalue weighted by Gasteiger charge is -2.41. The number of ether oxygens (including phenoxy) is 2. The zero-order valence-corrected chi connectivity index (χ0v) is 37.4. The van der Waals surface area contributed by atoms with Gasteiger partial charge in [0, 0.05) is 12.8 Å².